The van der Waals surface area contributed by atoms with Crippen LogP contribution in [0, 0.1) is 0 Å². The Morgan fingerprint density at radius 3 is 2.38 bits per heavy atom. The summed E-state index contributed by atoms with van der Waals surface area (Å²) in [5.41, 5.74) is -0.742. The minimum Gasteiger partial charge on any atom is -0.499 e. The van der Waals surface area contributed by atoms with Gasteiger partial charge in [-0.15, -0.1) is 0 Å². The maximum Gasteiger partial charge on any atom is 0.115 e. The van der Waals surface area contributed by atoms with Gasteiger partial charge in [-0.1, -0.05) is 6.58 Å². The molecule has 0 aliphatic carbocycles. The van der Waals surface area contributed by atoms with E-state index in [-0.39, 0.29) is 0 Å². The van der Waals surface area contributed by atoms with Crippen LogP contribution < -0.4 is 0 Å². The fraction of sp³-hybridized carbons (Fsp3) is 0.667. The third kappa shape index (κ3) is 5.50. The fourth-order valence-corrected chi connectivity index (χ4v) is 0.263. The Balaban J connectivity index is 3.24. The molecule has 0 fully saturated rings. The van der Waals surface area contributed by atoms with Crippen molar-refractivity contribution in [2.24, 2.45) is 0 Å². The minimum atomic E-state index is -0.742. The summed E-state index contributed by atoms with van der Waals surface area (Å²) in [5, 5.41) is 8.98. The van der Waals surface area contributed by atoms with Crippen LogP contribution in [0.15, 0.2) is 12.8 Å². The lowest BCUT2D eigenvalue weighted by Crippen LogP contribution is -2.24. The largest absolute Gasteiger partial charge is 0.499 e. The standard InChI is InChI=1S/C6H12O2/c1-4-8-5-6(2,3)7/h4,7H,1,5H2,2-3H3. The van der Waals surface area contributed by atoms with Crippen molar-refractivity contribution in [2.45, 2.75) is 19.4 Å². The summed E-state index contributed by atoms with van der Waals surface area (Å²) >= 11 is 0. The van der Waals surface area contributed by atoms with Gasteiger partial charge in [-0.25, -0.2) is 0 Å². The van der Waals surface area contributed by atoms with Crippen LogP contribution in [0.5, 0.6) is 0 Å². The van der Waals surface area contributed by atoms with E-state index >= 15 is 0 Å². The third-order valence-corrected chi connectivity index (χ3v) is 0.554. The molecule has 0 atom stereocenters. The van der Waals surface area contributed by atoms with Crippen molar-refractivity contribution >= 4 is 0 Å². The smallest absolute Gasteiger partial charge is 0.115 e. The molecule has 2 nitrogen and oxygen atoms in total. The van der Waals surface area contributed by atoms with E-state index in [0.717, 1.165) is 0 Å². The zero-order valence-corrected chi connectivity index (χ0v) is 5.35. The van der Waals surface area contributed by atoms with Crippen molar-refractivity contribution in [1.29, 1.82) is 0 Å². The second-order valence-corrected chi connectivity index (χ2v) is 2.29. The van der Waals surface area contributed by atoms with Crippen molar-refractivity contribution in [3.63, 3.8) is 0 Å². The highest BCUT2D eigenvalue weighted by atomic mass is 16.5. The van der Waals surface area contributed by atoms with Crippen molar-refractivity contribution < 1.29 is 9.84 Å². The predicted octanol–water partition coefficient (Wildman–Crippen LogP) is 0.917. The van der Waals surface area contributed by atoms with Gasteiger partial charge in [-0.05, 0) is 13.8 Å². The number of hydrogen-bond donors (Lipinski definition) is 1. The van der Waals surface area contributed by atoms with Crippen molar-refractivity contribution in [1.82, 2.24) is 0 Å². The summed E-state index contributed by atoms with van der Waals surface area (Å²) in [4.78, 5) is 0. The van der Waals surface area contributed by atoms with E-state index < -0.39 is 5.60 Å². The van der Waals surface area contributed by atoms with E-state index in [0.29, 0.717) is 6.61 Å². The van der Waals surface area contributed by atoms with Crippen LogP contribution in [0.4, 0.5) is 0 Å². The summed E-state index contributed by atoms with van der Waals surface area (Å²) < 4.78 is 4.71. The topological polar surface area (TPSA) is 29.5 Å². The SMILES string of the molecule is C=COCC(C)(C)O. The molecule has 0 saturated carbocycles. The number of hydrogen-bond acceptors (Lipinski definition) is 2. The highest BCUT2D eigenvalue weighted by Crippen LogP contribution is 1.99. The summed E-state index contributed by atoms with van der Waals surface area (Å²) in [7, 11) is 0. The van der Waals surface area contributed by atoms with Crippen LogP contribution in [0.3, 0.4) is 0 Å². The quantitative estimate of drug-likeness (QED) is 0.555. The maximum atomic E-state index is 8.98. The number of ether oxygens (including phenoxy) is 1. The Hall–Kier alpha value is -0.500. The molecule has 2 heteroatoms. The van der Waals surface area contributed by atoms with Crippen LogP contribution >= 0.6 is 0 Å². The first kappa shape index (κ1) is 7.50. The molecule has 0 bridgehead atoms. The summed E-state index contributed by atoms with van der Waals surface area (Å²) in [6.45, 7) is 6.99. The molecule has 0 aliphatic heterocycles. The van der Waals surface area contributed by atoms with Gasteiger partial charge in [0.1, 0.15) is 6.61 Å². The molecule has 0 rings (SSSR count). The third-order valence-electron chi connectivity index (χ3n) is 0.554. The van der Waals surface area contributed by atoms with Gasteiger partial charge in [-0.3, -0.25) is 0 Å². The van der Waals surface area contributed by atoms with Gasteiger partial charge in [0.05, 0.1) is 11.9 Å². The van der Waals surface area contributed by atoms with E-state index in [2.05, 4.69) is 6.58 Å². The van der Waals surface area contributed by atoms with Crippen LogP contribution in [-0.2, 0) is 4.74 Å². The lowest BCUT2D eigenvalue weighted by Gasteiger charge is -2.14. The van der Waals surface area contributed by atoms with Crippen LogP contribution in [0.25, 0.3) is 0 Å². The van der Waals surface area contributed by atoms with Crippen molar-refractivity contribution in [2.75, 3.05) is 6.61 Å². The maximum absolute atomic E-state index is 8.98. The zero-order chi connectivity index (χ0) is 6.62. The molecule has 0 aromatic heterocycles. The zero-order valence-electron chi connectivity index (χ0n) is 5.35. The average molecular weight is 116 g/mol. The molecule has 0 aliphatic rings. The Labute approximate surface area is 49.8 Å². The fourth-order valence-electron chi connectivity index (χ4n) is 0.263. The van der Waals surface area contributed by atoms with Gasteiger partial charge in [0.15, 0.2) is 0 Å². The predicted molar refractivity (Wildman–Crippen MR) is 32.4 cm³/mol. The highest BCUT2D eigenvalue weighted by Gasteiger charge is 2.10. The molecule has 0 spiro atoms. The lowest BCUT2D eigenvalue weighted by molar-refractivity contribution is 0.0118. The first-order valence-corrected chi connectivity index (χ1v) is 2.51. The first-order valence-electron chi connectivity index (χ1n) is 2.51. The van der Waals surface area contributed by atoms with Gasteiger partial charge < -0.3 is 9.84 Å². The van der Waals surface area contributed by atoms with Crippen LogP contribution in [0.2, 0.25) is 0 Å². The monoisotopic (exact) mass is 116 g/mol. The van der Waals surface area contributed by atoms with Gasteiger partial charge in [0, 0.05) is 0 Å². The Morgan fingerprint density at radius 1 is 1.75 bits per heavy atom. The first-order chi connectivity index (χ1) is 3.56. The van der Waals surface area contributed by atoms with Crippen molar-refractivity contribution in [3.05, 3.63) is 12.8 Å². The van der Waals surface area contributed by atoms with Gasteiger partial charge in [0.2, 0.25) is 0 Å². The van der Waals surface area contributed by atoms with E-state index in [9.17, 15) is 0 Å². The van der Waals surface area contributed by atoms with Crippen molar-refractivity contribution in [3.8, 4) is 0 Å². The molecule has 1 N–H and O–H groups in total. The molecule has 0 radical (unpaired) electrons. The van der Waals surface area contributed by atoms with Gasteiger partial charge in [0.25, 0.3) is 0 Å². The lowest BCUT2D eigenvalue weighted by atomic mass is 10.2. The van der Waals surface area contributed by atoms with Gasteiger partial charge in [-0.2, -0.15) is 0 Å². The number of rotatable bonds is 3. The molecule has 0 amide bonds. The molecule has 0 aromatic carbocycles. The molecule has 0 unspecified atom stereocenters. The van der Waals surface area contributed by atoms with E-state index in [1.165, 1.54) is 6.26 Å². The number of aliphatic hydroxyl groups is 1. The molecule has 0 heterocycles. The molecule has 8 heavy (non-hydrogen) atoms. The molecular formula is C6H12O2. The van der Waals surface area contributed by atoms with E-state index in [1.54, 1.807) is 13.8 Å². The Bertz CT molecular complexity index is 71.1. The molecule has 48 valence electrons. The Kier molecular flexibility index (Phi) is 2.55. The average Bonchev–Trinajstić information content (AvgIpc) is 1.59. The van der Waals surface area contributed by atoms with Gasteiger partial charge >= 0.3 is 0 Å². The minimum absolute atomic E-state index is 0.302. The summed E-state index contributed by atoms with van der Waals surface area (Å²) in [6.07, 6.45) is 1.32. The molecule has 0 aromatic rings. The summed E-state index contributed by atoms with van der Waals surface area (Å²) in [6, 6.07) is 0. The second-order valence-electron chi connectivity index (χ2n) is 2.29. The van der Waals surface area contributed by atoms with Crippen LogP contribution in [-0.4, -0.2) is 17.3 Å². The molecule has 0 saturated heterocycles. The van der Waals surface area contributed by atoms with E-state index in [4.69, 9.17) is 9.84 Å². The normalized spacial score (nSPS) is 10.9. The summed E-state index contributed by atoms with van der Waals surface area (Å²) in [5.74, 6) is 0. The molecular weight excluding hydrogens is 104 g/mol. The highest BCUT2D eigenvalue weighted by molar-refractivity contribution is 4.64. The second kappa shape index (κ2) is 2.72. The van der Waals surface area contributed by atoms with Crippen LogP contribution in [0.1, 0.15) is 13.8 Å². The van der Waals surface area contributed by atoms with E-state index in [1.807, 2.05) is 0 Å². The Morgan fingerprint density at radius 2 is 2.25 bits per heavy atom.